The van der Waals surface area contributed by atoms with Gasteiger partial charge < -0.3 is 10.1 Å². The van der Waals surface area contributed by atoms with E-state index in [1.807, 2.05) is 37.3 Å². The van der Waals surface area contributed by atoms with Crippen LogP contribution >= 0.6 is 11.6 Å². The Morgan fingerprint density at radius 2 is 1.87 bits per heavy atom. The van der Waals surface area contributed by atoms with Crippen molar-refractivity contribution in [1.29, 1.82) is 0 Å². The lowest BCUT2D eigenvalue weighted by Gasteiger charge is -2.12. The van der Waals surface area contributed by atoms with E-state index in [9.17, 15) is 0 Å². The van der Waals surface area contributed by atoms with Crippen LogP contribution in [0.1, 0.15) is 11.3 Å². The molecule has 3 aromatic rings. The Kier molecular flexibility index (Phi) is 4.68. The van der Waals surface area contributed by atoms with Crippen molar-refractivity contribution >= 4 is 28.2 Å². The molecule has 0 aliphatic carbocycles. The van der Waals surface area contributed by atoms with Gasteiger partial charge in [0.05, 0.1) is 12.6 Å². The molecule has 4 heteroatoms. The molecule has 0 aliphatic heterocycles. The molecule has 0 aliphatic rings. The maximum atomic E-state index is 5.92. The maximum Gasteiger partial charge on any atom is 0.119 e. The van der Waals surface area contributed by atoms with E-state index in [0.29, 0.717) is 0 Å². The van der Waals surface area contributed by atoms with Crippen LogP contribution in [0.25, 0.3) is 10.9 Å². The molecule has 0 saturated heterocycles. The van der Waals surface area contributed by atoms with Crippen molar-refractivity contribution in [3.05, 3.63) is 64.8 Å². The number of hydrogen-bond donors (Lipinski definition) is 1. The molecule has 1 heterocycles. The number of nitrogens with zero attached hydrogens (tertiary/aromatic N) is 1. The summed E-state index contributed by atoms with van der Waals surface area (Å²) in [4.78, 5) is 4.58. The molecule has 0 saturated carbocycles. The molecule has 23 heavy (non-hydrogen) atoms. The fourth-order valence-electron chi connectivity index (χ4n) is 2.60. The topological polar surface area (TPSA) is 34.1 Å². The second kappa shape index (κ2) is 6.88. The van der Waals surface area contributed by atoms with Crippen LogP contribution in [0.3, 0.4) is 0 Å². The quantitative estimate of drug-likeness (QED) is 0.727. The van der Waals surface area contributed by atoms with Crippen molar-refractivity contribution in [3.8, 4) is 5.75 Å². The molecule has 3 nitrogen and oxygen atoms in total. The van der Waals surface area contributed by atoms with Crippen LogP contribution in [0.15, 0.2) is 48.5 Å². The van der Waals surface area contributed by atoms with Gasteiger partial charge in [-0.05, 0) is 55.3 Å². The van der Waals surface area contributed by atoms with Gasteiger partial charge in [0, 0.05) is 28.3 Å². The fraction of sp³-hybridized carbons (Fsp3) is 0.211. The highest BCUT2D eigenvalue weighted by Gasteiger charge is 2.05. The normalized spacial score (nSPS) is 10.7. The van der Waals surface area contributed by atoms with E-state index >= 15 is 0 Å². The van der Waals surface area contributed by atoms with E-state index in [1.54, 1.807) is 7.11 Å². The van der Waals surface area contributed by atoms with Gasteiger partial charge in [0.15, 0.2) is 0 Å². The third kappa shape index (κ3) is 3.74. The smallest absolute Gasteiger partial charge is 0.119 e. The number of halogens is 1. The minimum absolute atomic E-state index is 0.768. The zero-order valence-electron chi connectivity index (χ0n) is 13.3. The molecule has 2 aromatic carbocycles. The molecule has 0 atom stereocenters. The summed E-state index contributed by atoms with van der Waals surface area (Å²) in [6.45, 7) is 2.85. The van der Waals surface area contributed by atoms with Crippen LogP contribution in [0.4, 0.5) is 5.69 Å². The number of anilines is 1. The number of nitrogens with one attached hydrogen (secondary N) is 1. The number of aryl methyl sites for hydroxylation is 1. The zero-order valence-corrected chi connectivity index (χ0v) is 14.0. The second-order valence-corrected chi connectivity index (χ2v) is 5.93. The lowest BCUT2D eigenvalue weighted by atomic mass is 10.1. The molecule has 3 rings (SSSR count). The van der Waals surface area contributed by atoms with Gasteiger partial charge in [-0.15, -0.1) is 0 Å². The van der Waals surface area contributed by atoms with E-state index in [1.165, 1.54) is 5.56 Å². The van der Waals surface area contributed by atoms with E-state index < -0.39 is 0 Å². The largest absolute Gasteiger partial charge is 0.497 e. The average molecular weight is 327 g/mol. The van der Waals surface area contributed by atoms with Crippen LogP contribution in [0, 0.1) is 6.92 Å². The number of methoxy groups -OCH3 is 1. The first kappa shape index (κ1) is 15.6. The van der Waals surface area contributed by atoms with Crippen LogP contribution in [-0.2, 0) is 6.42 Å². The Hall–Kier alpha value is -2.26. The van der Waals surface area contributed by atoms with Gasteiger partial charge in [0.1, 0.15) is 5.75 Å². The maximum absolute atomic E-state index is 5.92. The van der Waals surface area contributed by atoms with Gasteiger partial charge in [0.2, 0.25) is 0 Å². The summed E-state index contributed by atoms with van der Waals surface area (Å²) in [5, 5.41) is 5.36. The third-order valence-electron chi connectivity index (χ3n) is 3.79. The predicted octanol–water partition coefficient (Wildman–Crippen LogP) is 4.86. The highest BCUT2D eigenvalue weighted by Crippen LogP contribution is 2.27. The SMILES string of the molecule is COc1ccc2nc(C)cc(NCCc3ccc(Cl)cc3)c2c1. The van der Waals surface area contributed by atoms with Gasteiger partial charge in [-0.25, -0.2) is 0 Å². The summed E-state index contributed by atoms with van der Waals surface area (Å²) >= 11 is 5.92. The van der Waals surface area contributed by atoms with E-state index in [4.69, 9.17) is 16.3 Å². The number of hydrogen-bond acceptors (Lipinski definition) is 3. The molecule has 0 amide bonds. The zero-order chi connectivity index (χ0) is 16.2. The summed E-state index contributed by atoms with van der Waals surface area (Å²) in [7, 11) is 1.68. The van der Waals surface area contributed by atoms with Crippen molar-refractivity contribution in [1.82, 2.24) is 4.98 Å². The molecule has 0 radical (unpaired) electrons. The highest BCUT2D eigenvalue weighted by atomic mass is 35.5. The van der Waals surface area contributed by atoms with Gasteiger partial charge in [0.25, 0.3) is 0 Å². The van der Waals surface area contributed by atoms with Crippen molar-refractivity contribution in [2.75, 3.05) is 19.0 Å². The molecule has 0 unspecified atom stereocenters. The predicted molar refractivity (Wildman–Crippen MR) is 96.7 cm³/mol. The standard InChI is InChI=1S/C19H19ClN2O/c1-13-11-19(17-12-16(23-2)7-8-18(17)22-13)21-10-9-14-3-5-15(20)6-4-14/h3-8,11-12H,9-10H2,1-2H3,(H,21,22). The van der Waals surface area contributed by atoms with Crippen molar-refractivity contribution < 1.29 is 4.74 Å². The highest BCUT2D eigenvalue weighted by molar-refractivity contribution is 6.30. The van der Waals surface area contributed by atoms with Gasteiger partial charge in [-0.2, -0.15) is 0 Å². The Morgan fingerprint density at radius 3 is 2.61 bits per heavy atom. The fourth-order valence-corrected chi connectivity index (χ4v) is 2.73. The molecule has 0 spiro atoms. The van der Waals surface area contributed by atoms with E-state index in [0.717, 1.165) is 46.0 Å². The average Bonchev–Trinajstić information content (AvgIpc) is 2.56. The number of benzene rings is 2. The van der Waals surface area contributed by atoms with E-state index in [-0.39, 0.29) is 0 Å². The van der Waals surface area contributed by atoms with Gasteiger partial charge in [-0.1, -0.05) is 23.7 Å². The van der Waals surface area contributed by atoms with Crippen molar-refractivity contribution in [2.24, 2.45) is 0 Å². The molecule has 0 bridgehead atoms. The second-order valence-electron chi connectivity index (χ2n) is 5.50. The van der Waals surface area contributed by atoms with Crippen LogP contribution in [-0.4, -0.2) is 18.6 Å². The molecular weight excluding hydrogens is 308 g/mol. The molecular formula is C19H19ClN2O. The minimum Gasteiger partial charge on any atom is -0.497 e. The summed E-state index contributed by atoms with van der Waals surface area (Å²) in [5.74, 6) is 0.837. The van der Waals surface area contributed by atoms with Crippen LogP contribution < -0.4 is 10.1 Å². The minimum atomic E-state index is 0.768. The lowest BCUT2D eigenvalue weighted by molar-refractivity contribution is 0.415. The molecule has 118 valence electrons. The first-order chi connectivity index (χ1) is 11.2. The summed E-state index contributed by atoms with van der Waals surface area (Å²) in [5.41, 5.74) is 4.31. The van der Waals surface area contributed by atoms with Crippen molar-refractivity contribution in [2.45, 2.75) is 13.3 Å². The summed E-state index contributed by atoms with van der Waals surface area (Å²) in [6, 6.07) is 16.0. The van der Waals surface area contributed by atoms with Crippen LogP contribution in [0.2, 0.25) is 5.02 Å². The monoisotopic (exact) mass is 326 g/mol. The molecule has 1 aromatic heterocycles. The van der Waals surface area contributed by atoms with Crippen LogP contribution in [0.5, 0.6) is 5.75 Å². The van der Waals surface area contributed by atoms with E-state index in [2.05, 4.69) is 28.5 Å². The molecule has 0 fully saturated rings. The Bertz CT molecular complexity index is 815. The number of aromatic nitrogens is 1. The number of fused-ring (bicyclic) bond motifs is 1. The summed E-state index contributed by atoms with van der Waals surface area (Å²) in [6.07, 6.45) is 0.935. The lowest BCUT2D eigenvalue weighted by Crippen LogP contribution is -2.06. The Balaban J connectivity index is 1.79. The van der Waals surface area contributed by atoms with Gasteiger partial charge in [-0.3, -0.25) is 4.98 Å². The Labute approximate surface area is 141 Å². The first-order valence-corrected chi connectivity index (χ1v) is 7.97. The third-order valence-corrected chi connectivity index (χ3v) is 4.04. The number of ether oxygens (including phenoxy) is 1. The number of rotatable bonds is 5. The number of pyridine rings is 1. The van der Waals surface area contributed by atoms with Crippen molar-refractivity contribution in [3.63, 3.8) is 0 Å². The first-order valence-electron chi connectivity index (χ1n) is 7.59. The van der Waals surface area contributed by atoms with Gasteiger partial charge >= 0.3 is 0 Å². The molecule has 1 N–H and O–H groups in total. The summed E-state index contributed by atoms with van der Waals surface area (Å²) < 4.78 is 5.32. The Morgan fingerprint density at radius 1 is 1.09 bits per heavy atom.